The standard InChI is InChI=1S/C13H14N2OS/c1-9(2)15-13(16)12-4-3-11(17-12)10-5-7-14-8-6-10/h3-9H,1-2H3,(H,15,16). The lowest BCUT2D eigenvalue weighted by atomic mass is 10.2. The molecule has 0 unspecified atom stereocenters. The average Bonchev–Trinajstić information content (AvgIpc) is 2.78. The van der Waals surface area contributed by atoms with Gasteiger partial charge in [0.1, 0.15) is 0 Å². The Bertz CT molecular complexity index is 505. The van der Waals surface area contributed by atoms with Gasteiger partial charge in [-0.15, -0.1) is 11.3 Å². The second-order valence-electron chi connectivity index (χ2n) is 4.03. The van der Waals surface area contributed by atoms with Gasteiger partial charge in [0.25, 0.3) is 5.91 Å². The van der Waals surface area contributed by atoms with Gasteiger partial charge in [0.15, 0.2) is 0 Å². The van der Waals surface area contributed by atoms with Crippen molar-refractivity contribution in [2.24, 2.45) is 0 Å². The van der Waals surface area contributed by atoms with Crippen LogP contribution in [0.3, 0.4) is 0 Å². The molecule has 2 aromatic heterocycles. The maximum atomic E-state index is 11.8. The first kappa shape index (κ1) is 11.8. The summed E-state index contributed by atoms with van der Waals surface area (Å²) < 4.78 is 0. The van der Waals surface area contributed by atoms with Crippen LogP contribution < -0.4 is 5.32 Å². The summed E-state index contributed by atoms with van der Waals surface area (Å²) in [6.45, 7) is 3.91. The van der Waals surface area contributed by atoms with E-state index in [1.54, 1.807) is 12.4 Å². The molecule has 0 radical (unpaired) electrons. The van der Waals surface area contributed by atoms with Crippen LogP contribution >= 0.6 is 11.3 Å². The largest absolute Gasteiger partial charge is 0.349 e. The minimum atomic E-state index is -0.00898. The molecule has 2 rings (SSSR count). The van der Waals surface area contributed by atoms with Crippen LogP contribution in [0.15, 0.2) is 36.7 Å². The molecule has 3 nitrogen and oxygen atoms in total. The van der Waals surface area contributed by atoms with Crippen molar-refractivity contribution in [2.45, 2.75) is 19.9 Å². The van der Waals surface area contributed by atoms with E-state index in [0.717, 1.165) is 15.3 Å². The molecule has 1 amide bonds. The Kier molecular flexibility index (Phi) is 3.54. The highest BCUT2D eigenvalue weighted by molar-refractivity contribution is 7.17. The van der Waals surface area contributed by atoms with Crippen LogP contribution in [0.5, 0.6) is 0 Å². The van der Waals surface area contributed by atoms with Crippen LogP contribution in [-0.2, 0) is 0 Å². The lowest BCUT2D eigenvalue weighted by Gasteiger charge is -2.05. The van der Waals surface area contributed by atoms with Gasteiger partial charge in [-0.25, -0.2) is 0 Å². The molecule has 0 aliphatic rings. The third kappa shape index (κ3) is 2.91. The molecule has 4 heteroatoms. The summed E-state index contributed by atoms with van der Waals surface area (Å²) in [5, 5.41) is 2.88. The number of carbonyl (C=O) groups excluding carboxylic acids is 1. The van der Waals surface area contributed by atoms with E-state index >= 15 is 0 Å². The Hall–Kier alpha value is -1.68. The highest BCUT2D eigenvalue weighted by Crippen LogP contribution is 2.27. The third-order valence-electron chi connectivity index (χ3n) is 2.21. The van der Waals surface area contributed by atoms with Gasteiger partial charge in [-0.05, 0) is 43.7 Å². The number of rotatable bonds is 3. The molecule has 0 fully saturated rings. The molecular weight excluding hydrogens is 232 g/mol. The fourth-order valence-corrected chi connectivity index (χ4v) is 2.38. The van der Waals surface area contributed by atoms with E-state index in [4.69, 9.17) is 0 Å². The van der Waals surface area contributed by atoms with Gasteiger partial charge in [0.05, 0.1) is 4.88 Å². The summed E-state index contributed by atoms with van der Waals surface area (Å²) in [7, 11) is 0. The van der Waals surface area contributed by atoms with Crippen molar-refractivity contribution in [3.8, 4) is 10.4 Å². The number of nitrogens with zero attached hydrogens (tertiary/aromatic N) is 1. The van der Waals surface area contributed by atoms with Crippen LogP contribution in [0.25, 0.3) is 10.4 Å². The van der Waals surface area contributed by atoms with E-state index in [1.165, 1.54) is 11.3 Å². The van der Waals surface area contributed by atoms with Crippen LogP contribution in [0, 0.1) is 0 Å². The first-order chi connectivity index (χ1) is 8.16. The smallest absolute Gasteiger partial charge is 0.261 e. The summed E-state index contributed by atoms with van der Waals surface area (Å²) in [5.41, 5.74) is 1.09. The maximum Gasteiger partial charge on any atom is 0.261 e. The highest BCUT2D eigenvalue weighted by atomic mass is 32.1. The van der Waals surface area contributed by atoms with Crippen molar-refractivity contribution in [3.63, 3.8) is 0 Å². The van der Waals surface area contributed by atoms with E-state index in [0.29, 0.717) is 0 Å². The number of nitrogens with one attached hydrogen (secondary N) is 1. The molecule has 0 bridgehead atoms. The molecule has 0 aliphatic carbocycles. The van der Waals surface area contributed by atoms with Gasteiger partial charge in [0.2, 0.25) is 0 Å². The fraction of sp³-hybridized carbons (Fsp3) is 0.231. The lowest BCUT2D eigenvalue weighted by molar-refractivity contribution is 0.0947. The number of carbonyl (C=O) groups is 1. The van der Waals surface area contributed by atoms with Gasteiger partial charge in [-0.2, -0.15) is 0 Å². The summed E-state index contributed by atoms with van der Waals surface area (Å²) in [4.78, 5) is 17.6. The van der Waals surface area contributed by atoms with Crippen molar-refractivity contribution < 1.29 is 4.79 Å². The molecule has 0 saturated heterocycles. The van der Waals surface area contributed by atoms with E-state index in [1.807, 2.05) is 38.1 Å². The van der Waals surface area contributed by atoms with Gasteiger partial charge < -0.3 is 5.32 Å². The summed E-state index contributed by atoms with van der Waals surface area (Å²) >= 11 is 1.50. The Morgan fingerprint density at radius 1 is 1.24 bits per heavy atom. The van der Waals surface area contributed by atoms with E-state index in [2.05, 4.69) is 10.3 Å². The SMILES string of the molecule is CC(C)NC(=O)c1ccc(-c2ccncc2)s1. The number of hydrogen-bond acceptors (Lipinski definition) is 3. The molecule has 0 aliphatic heterocycles. The predicted molar refractivity (Wildman–Crippen MR) is 70.2 cm³/mol. The fourth-order valence-electron chi connectivity index (χ4n) is 1.46. The van der Waals surface area contributed by atoms with Crippen LogP contribution in [0.2, 0.25) is 0 Å². The van der Waals surface area contributed by atoms with Gasteiger partial charge in [-0.1, -0.05) is 0 Å². The molecular formula is C13H14N2OS. The maximum absolute atomic E-state index is 11.8. The summed E-state index contributed by atoms with van der Waals surface area (Å²) in [5.74, 6) is -0.00898. The van der Waals surface area contributed by atoms with E-state index in [9.17, 15) is 4.79 Å². The van der Waals surface area contributed by atoms with Gasteiger partial charge in [-0.3, -0.25) is 9.78 Å². The van der Waals surface area contributed by atoms with Crippen molar-refractivity contribution in [1.29, 1.82) is 0 Å². The molecule has 88 valence electrons. The Balaban J connectivity index is 2.19. The molecule has 0 aromatic carbocycles. The van der Waals surface area contributed by atoms with Crippen molar-refractivity contribution in [1.82, 2.24) is 10.3 Å². The number of hydrogen-bond donors (Lipinski definition) is 1. The quantitative estimate of drug-likeness (QED) is 0.904. The topological polar surface area (TPSA) is 42.0 Å². The predicted octanol–water partition coefficient (Wildman–Crippen LogP) is 2.95. The number of aromatic nitrogens is 1. The van der Waals surface area contributed by atoms with Crippen LogP contribution in [0.4, 0.5) is 0 Å². The number of amides is 1. The lowest BCUT2D eigenvalue weighted by Crippen LogP contribution is -2.29. The Morgan fingerprint density at radius 2 is 1.94 bits per heavy atom. The second kappa shape index (κ2) is 5.10. The first-order valence-electron chi connectivity index (χ1n) is 5.48. The number of thiophene rings is 1. The molecule has 0 saturated carbocycles. The minimum absolute atomic E-state index is 0.00898. The van der Waals surface area contributed by atoms with E-state index < -0.39 is 0 Å². The first-order valence-corrected chi connectivity index (χ1v) is 6.29. The summed E-state index contributed by atoms with van der Waals surface area (Å²) in [6, 6.07) is 7.87. The zero-order valence-electron chi connectivity index (χ0n) is 9.81. The monoisotopic (exact) mass is 246 g/mol. The third-order valence-corrected chi connectivity index (χ3v) is 3.35. The zero-order chi connectivity index (χ0) is 12.3. The van der Waals surface area contributed by atoms with Crippen LogP contribution in [-0.4, -0.2) is 16.9 Å². The van der Waals surface area contributed by atoms with Crippen molar-refractivity contribution >= 4 is 17.2 Å². The molecule has 2 aromatic rings. The minimum Gasteiger partial charge on any atom is -0.349 e. The Labute approximate surface area is 105 Å². The highest BCUT2D eigenvalue weighted by Gasteiger charge is 2.10. The van der Waals surface area contributed by atoms with Gasteiger partial charge in [0, 0.05) is 23.3 Å². The second-order valence-corrected chi connectivity index (χ2v) is 5.11. The average molecular weight is 246 g/mol. The normalized spacial score (nSPS) is 10.5. The molecule has 0 spiro atoms. The molecule has 0 atom stereocenters. The summed E-state index contributed by atoms with van der Waals surface area (Å²) in [6.07, 6.45) is 3.51. The number of pyridine rings is 1. The van der Waals surface area contributed by atoms with Gasteiger partial charge >= 0.3 is 0 Å². The zero-order valence-corrected chi connectivity index (χ0v) is 10.6. The molecule has 17 heavy (non-hydrogen) atoms. The molecule has 2 heterocycles. The van der Waals surface area contributed by atoms with E-state index in [-0.39, 0.29) is 11.9 Å². The Morgan fingerprint density at radius 3 is 2.59 bits per heavy atom. The van der Waals surface area contributed by atoms with Crippen LogP contribution in [0.1, 0.15) is 23.5 Å². The van der Waals surface area contributed by atoms with Crippen molar-refractivity contribution in [2.75, 3.05) is 0 Å². The van der Waals surface area contributed by atoms with Crippen molar-refractivity contribution in [3.05, 3.63) is 41.5 Å². The molecule has 1 N–H and O–H groups in total.